The van der Waals surface area contributed by atoms with Gasteiger partial charge in [-0.15, -0.1) is 5.10 Å². The van der Waals surface area contributed by atoms with Crippen LogP contribution in [0.2, 0.25) is 0 Å². The number of benzene rings is 7. The number of aromatic nitrogens is 15. The number of fused-ring (bicyclic) bond motifs is 1. The largest absolute Gasteiger partial charge is 0.535 e. The number of hydrogen-bond acceptors (Lipinski definition) is 26. The van der Waals surface area contributed by atoms with Crippen molar-refractivity contribution in [2.75, 3.05) is 65.0 Å². The number of carbonyl (C=O) groups is 2. The number of H-pyrrole nitrogens is 1. The Bertz CT molecular complexity index is 5800. The number of rotatable bonds is 22. The number of nitrogens with two attached hydrogens (primary N) is 1. The number of hydrogen-bond donors (Lipinski definition) is 4. The molecule has 0 radical (unpaired) electrons. The van der Waals surface area contributed by atoms with Crippen LogP contribution in [0.1, 0.15) is 69.2 Å². The number of anilines is 2. The third kappa shape index (κ3) is 20.1. The van der Waals surface area contributed by atoms with Crippen molar-refractivity contribution < 1.29 is 41.5 Å². The van der Waals surface area contributed by atoms with Crippen LogP contribution in [0.25, 0.3) is 32.6 Å². The van der Waals surface area contributed by atoms with E-state index in [1.54, 1.807) is 115 Å². The van der Waals surface area contributed by atoms with Gasteiger partial charge in [0.05, 0.1) is 46.1 Å². The molecule has 1 amide bonds. The van der Waals surface area contributed by atoms with Crippen molar-refractivity contribution >= 4 is 99.4 Å². The molecule has 4 atom stereocenters. The Morgan fingerprint density at radius 3 is 1.57 bits per heavy atom. The molecule has 0 aliphatic carbocycles. The molecule has 0 saturated carbocycles. The number of halogens is 4. The zero-order chi connectivity index (χ0) is 80.7. The topological polar surface area (TPSA) is 320 Å². The maximum absolute atomic E-state index is 15.2. The third-order valence-corrected chi connectivity index (χ3v) is 22.6. The lowest BCUT2D eigenvalue weighted by Crippen LogP contribution is -2.42. The van der Waals surface area contributed by atoms with Crippen molar-refractivity contribution in [3.05, 3.63) is 296 Å². The Morgan fingerprint density at radius 1 is 0.557 bits per heavy atom. The van der Waals surface area contributed by atoms with E-state index in [0.717, 1.165) is 54.5 Å². The first kappa shape index (κ1) is 81.0. The average molecular weight is 1630 g/mol. The minimum Gasteiger partial charge on any atom is -0.445 e. The van der Waals surface area contributed by atoms with Gasteiger partial charge in [0, 0.05) is 84.6 Å². The number of para-hydroxylation sites is 1. The molecule has 36 heteroatoms. The molecule has 16 rings (SSSR count). The summed E-state index contributed by atoms with van der Waals surface area (Å²) in [5.41, 5.74) is 10.3. The Hall–Kier alpha value is -12.1. The van der Waals surface area contributed by atoms with Gasteiger partial charge in [-0.3, -0.25) is 28.7 Å². The SMILES string of the molecule is CN(C)CCN.CN(C)CCN(Cn1nc2c3c(cc(F)cc3c1=O)N[C@H](c1ccc(F)cc1)[C@H]2c1ncnn1C)C(=O)OCc1ccc(SSc2ccccn2)cc1.Cn1ncnc1[C@H]1c2n[nH]c(=O)c3cc(F)cc(c23)N[C@@H]1c1ccc(F)cc1.O=C(OCc1ccc(SSc2ccccn2)cc1)On1nnc2ccccc21. The second-order valence-corrected chi connectivity index (χ2v) is 31.0. The summed E-state index contributed by atoms with van der Waals surface area (Å²) in [5.74, 6) is -1.86. The molecule has 5 N–H and O–H groups in total. The quantitative estimate of drug-likeness (QED) is 0.0212. The van der Waals surface area contributed by atoms with Crippen molar-refractivity contribution in [2.45, 2.75) is 63.6 Å². The molecule has 0 bridgehead atoms. The van der Waals surface area contributed by atoms with Gasteiger partial charge < -0.3 is 35.6 Å². The molecule has 590 valence electrons. The molecule has 0 spiro atoms. The number of aromatic amines is 1. The molecular formula is C79H75F4N21O7S4. The van der Waals surface area contributed by atoms with E-state index >= 15 is 4.39 Å². The van der Waals surface area contributed by atoms with E-state index in [2.05, 4.69) is 66.2 Å². The van der Waals surface area contributed by atoms with Gasteiger partial charge in [0.15, 0.2) is 0 Å². The summed E-state index contributed by atoms with van der Waals surface area (Å²) in [6.07, 6.45) is 4.87. The number of carbonyl (C=O) groups excluding carboxylic acids is 2. The molecule has 14 aromatic rings. The Balaban J connectivity index is 0.000000156. The van der Waals surface area contributed by atoms with E-state index < -0.39 is 64.7 Å². The van der Waals surface area contributed by atoms with Crippen LogP contribution in [-0.2, 0) is 43.5 Å². The highest BCUT2D eigenvalue weighted by Crippen LogP contribution is 2.48. The zero-order valence-electron chi connectivity index (χ0n) is 62.6. The van der Waals surface area contributed by atoms with Gasteiger partial charge in [0.2, 0.25) is 0 Å². The summed E-state index contributed by atoms with van der Waals surface area (Å²) in [7, 11) is 17.6. The van der Waals surface area contributed by atoms with E-state index in [0.29, 0.717) is 68.3 Å². The van der Waals surface area contributed by atoms with Crippen molar-refractivity contribution in [3.8, 4) is 0 Å². The highest BCUT2D eigenvalue weighted by atomic mass is 33.1. The number of likely N-dealkylation sites (N-methyl/N-ethyl adjacent to an activating group) is 2. The number of nitrogens with zero attached hydrogens (tertiary/aromatic N) is 17. The minimum atomic E-state index is -0.847. The monoisotopic (exact) mass is 1630 g/mol. The molecule has 2 aliphatic heterocycles. The summed E-state index contributed by atoms with van der Waals surface area (Å²) in [5, 5.41) is 37.5. The van der Waals surface area contributed by atoms with Crippen LogP contribution in [0.3, 0.4) is 0 Å². The van der Waals surface area contributed by atoms with Crippen LogP contribution in [0, 0.1) is 23.3 Å². The van der Waals surface area contributed by atoms with Crippen molar-refractivity contribution in [2.24, 2.45) is 19.8 Å². The van der Waals surface area contributed by atoms with Gasteiger partial charge in [0.1, 0.15) is 88.5 Å². The van der Waals surface area contributed by atoms with Crippen molar-refractivity contribution in [1.29, 1.82) is 0 Å². The van der Waals surface area contributed by atoms with Gasteiger partial charge in [0.25, 0.3) is 11.1 Å². The summed E-state index contributed by atoms with van der Waals surface area (Å²) in [4.78, 5) is 82.9. The Labute approximate surface area is 671 Å². The lowest BCUT2D eigenvalue weighted by Gasteiger charge is -2.34. The lowest BCUT2D eigenvalue weighted by molar-refractivity contribution is 0.0347. The van der Waals surface area contributed by atoms with Crippen LogP contribution in [0.4, 0.5) is 38.5 Å². The fourth-order valence-corrected chi connectivity index (χ4v) is 16.2. The zero-order valence-corrected chi connectivity index (χ0v) is 65.8. The number of amides is 1. The molecule has 9 heterocycles. The molecule has 28 nitrogen and oxygen atoms in total. The molecule has 115 heavy (non-hydrogen) atoms. The van der Waals surface area contributed by atoms with Gasteiger partial charge in [-0.1, -0.05) is 99.2 Å². The third-order valence-electron chi connectivity index (χ3n) is 18.0. The fourth-order valence-electron chi connectivity index (χ4n) is 12.5. The van der Waals surface area contributed by atoms with Gasteiger partial charge in [-0.2, -0.15) is 20.4 Å². The Kier molecular flexibility index (Phi) is 26.6. The van der Waals surface area contributed by atoms with E-state index in [-0.39, 0.29) is 43.0 Å². The van der Waals surface area contributed by atoms with E-state index in [1.165, 1.54) is 70.8 Å². The second kappa shape index (κ2) is 37.7. The van der Waals surface area contributed by atoms with Crippen molar-refractivity contribution in [3.63, 3.8) is 0 Å². The molecule has 0 unspecified atom stereocenters. The fraction of sp³-hybridized carbons (Fsp3) is 0.215. The highest BCUT2D eigenvalue weighted by molar-refractivity contribution is 8.77. The summed E-state index contributed by atoms with van der Waals surface area (Å²) in [6, 6.07) is 50.2. The van der Waals surface area contributed by atoms with Crippen LogP contribution in [0.15, 0.2) is 236 Å². The molecule has 7 aromatic heterocycles. The van der Waals surface area contributed by atoms with Crippen LogP contribution in [0.5, 0.6) is 0 Å². The molecule has 2 aliphatic rings. The number of nitrogens with one attached hydrogen (secondary N) is 3. The first-order chi connectivity index (χ1) is 55.7. The maximum Gasteiger partial charge on any atom is 0.535 e. The summed E-state index contributed by atoms with van der Waals surface area (Å²) >= 11 is 0. The van der Waals surface area contributed by atoms with E-state index in [9.17, 15) is 32.3 Å². The number of aryl methyl sites for hydroxylation is 2. The standard InChI is InChI=1S/C37H35F2N9O3S2.C19H14F2N6O.C19H14N4O3S2.C4H12N2/c1-45(2)16-17-47(37(50)51-20-23-7-13-27(14-8-23)52-53-30-6-4-5-15-40-30)22-48-36(49)28-18-26(39)19-29-31(28)34(44-48)32(35-41-21-42-46(35)3)33(43-29)24-9-11-25(38)12-10-24;1-27-18(22-8-23-27)15-16(9-2-4-10(20)5-3-9)24-13-7-11(21)6-12-14(13)17(15)25-26-19(12)28;24-19(26-23-17-6-2-1-5-16(17)21-22-23)25-13-14-8-10-15(11-9-14)27-28-18-7-3-4-12-20-18;1-6(2)4-3-5/h4-15,18-19,21,32-33,43H,16-17,20,22H2,1-3H3;2-8,15-16,24H,1H3,(H,26,28);1-12H,13H2;3-5H2,1-2H3/t32-,33-;15-,16-;;/m11../s1. The highest BCUT2D eigenvalue weighted by Gasteiger charge is 2.40. The normalized spacial score (nSPS) is 14.5. The summed E-state index contributed by atoms with van der Waals surface area (Å²) < 4.78 is 72.1. The van der Waals surface area contributed by atoms with Gasteiger partial charge in [-0.05, 0) is 186 Å². The van der Waals surface area contributed by atoms with Gasteiger partial charge >= 0.3 is 12.2 Å². The van der Waals surface area contributed by atoms with E-state index in [1.807, 2.05) is 130 Å². The average Bonchev–Trinajstić information content (AvgIpc) is 1.66. The predicted molar refractivity (Wildman–Crippen MR) is 432 cm³/mol. The van der Waals surface area contributed by atoms with Gasteiger partial charge in [-0.25, -0.2) is 56.9 Å². The molecule has 0 fully saturated rings. The maximum atomic E-state index is 15.2. The predicted octanol–water partition coefficient (Wildman–Crippen LogP) is 13.0. The smallest absolute Gasteiger partial charge is 0.445 e. The number of ether oxygens (including phenoxy) is 2. The van der Waals surface area contributed by atoms with Crippen molar-refractivity contribution in [1.82, 2.24) is 89.3 Å². The van der Waals surface area contributed by atoms with E-state index in [4.69, 9.17) is 25.1 Å². The minimum absolute atomic E-state index is 0.00868. The van der Waals surface area contributed by atoms with Crippen LogP contribution >= 0.6 is 43.2 Å². The van der Waals surface area contributed by atoms with Crippen LogP contribution in [-0.4, -0.2) is 156 Å². The second-order valence-electron chi connectivity index (χ2n) is 26.6. The Morgan fingerprint density at radius 2 is 1.07 bits per heavy atom. The summed E-state index contributed by atoms with van der Waals surface area (Å²) in [6.45, 7) is 2.28. The molecule has 0 saturated heterocycles. The molecular weight excluding hydrogens is 1560 g/mol. The number of pyridine rings is 2. The first-order valence-electron chi connectivity index (χ1n) is 35.7. The molecule has 7 aromatic carbocycles. The lowest BCUT2D eigenvalue weighted by atomic mass is 9.83. The van der Waals surface area contributed by atoms with Crippen LogP contribution < -0.4 is 32.3 Å². The first-order valence-corrected chi connectivity index (χ1v) is 40.0.